The van der Waals surface area contributed by atoms with Gasteiger partial charge in [0.25, 0.3) is 0 Å². The Morgan fingerprint density at radius 3 is 2.74 bits per heavy atom. The fourth-order valence-electron chi connectivity index (χ4n) is 1.90. The molecule has 1 heterocycles. The SMILES string of the molecule is Cc1csc(CNCC(O)COC(C)CC(C)C)n1. The molecule has 0 aromatic carbocycles. The summed E-state index contributed by atoms with van der Waals surface area (Å²) in [5.74, 6) is 0.624. The number of rotatable bonds is 9. The van der Waals surface area contributed by atoms with Crippen LogP contribution in [0.1, 0.15) is 37.9 Å². The number of aryl methyl sites for hydroxylation is 1. The van der Waals surface area contributed by atoms with Crippen LogP contribution in [0, 0.1) is 12.8 Å². The lowest BCUT2D eigenvalue weighted by molar-refractivity contribution is -0.00857. The van der Waals surface area contributed by atoms with Crippen molar-refractivity contribution in [2.45, 2.75) is 52.9 Å². The van der Waals surface area contributed by atoms with Gasteiger partial charge in [-0.25, -0.2) is 4.98 Å². The standard InChI is InChI=1S/C14H26N2O2S/c1-10(2)5-12(4)18-8-13(17)6-15-7-14-16-11(3)9-19-14/h9-10,12-13,15,17H,5-8H2,1-4H3. The molecule has 0 aliphatic carbocycles. The van der Waals surface area contributed by atoms with E-state index in [1.807, 2.05) is 12.3 Å². The Labute approximate surface area is 120 Å². The predicted octanol–water partition coefficient (Wildman–Crippen LogP) is 2.35. The molecule has 2 N–H and O–H groups in total. The van der Waals surface area contributed by atoms with Gasteiger partial charge in [-0.2, -0.15) is 0 Å². The second kappa shape index (κ2) is 8.64. The van der Waals surface area contributed by atoms with E-state index < -0.39 is 6.10 Å². The van der Waals surface area contributed by atoms with E-state index in [2.05, 4.69) is 31.1 Å². The van der Waals surface area contributed by atoms with E-state index >= 15 is 0 Å². The van der Waals surface area contributed by atoms with Gasteiger partial charge in [0, 0.05) is 24.2 Å². The number of aliphatic hydroxyl groups excluding tert-OH is 1. The summed E-state index contributed by atoms with van der Waals surface area (Å²) in [5.41, 5.74) is 1.05. The number of ether oxygens (including phenoxy) is 1. The van der Waals surface area contributed by atoms with Gasteiger partial charge in [0.15, 0.2) is 0 Å². The molecule has 0 amide bonds. The zero-order valence-corrected chi connectivity index (χ0v) is 13.2. The predicted molar refractivity (Wildman–Crippen MR) is 79.4 cm³/mol. The molecule has 0 saturated heterocycles. The second-order valence-corrected chi connectivity index (χ2v) is 6.38. The largest absolute Gasteiger partial charge is 0.389 e. The topological polar surface area (TPSA) is 54.4 Å². The molecule has 4 nitrogen and oxygen atoms in total. The van der Waals surface area contributed by atoms with Gasteiger partial charge in [0.2, 0.25) is 0 Å². The van der Waals surface area contributed by atoms with Crippen molar-refractivity contribution < 1.29 is 9.84 Å². The van der Waals surface area contributed by atoms with Crippen molar-refractivity contribution in [3.63, 3.8) is 0 Å². The summed E-state index contributed by atoms with van der Waals surface area (Å²) >= 11 is 1.64. The Hall–Kier alpha value is -0.490. The number of aliphatic hydroxyl groups is 1. The van der Waals surface area contributed by atoms with E-state index in [-0.39, 0.29) is 6.10 Å². The average Bonchev–Trinajstić information content (AvgIpc) is 2.71. The van der Waals surface area contributed by atoms with Gasteiger partial charge in [-0.1, -0.05) is 13.8 Å². The summed E-state index contributed by atoms with van der Waals surface area (Å²) in [4.78, 5) is 4.36. The molecule has 0 aliphatic heterocycles. The first-order valence-corrected chi connectivity index (χ1v) is 7.76. The van der Waals surface area contributed by atoms with Crippen LogP contribution in [0.4, 0.5) is 0 Å². The molecule has 1 rings (SSSR count). The van der Waals surface area contributed by atoms with Crippen LogP contribution in [0.2, 0.25) is 0 Å². The van der Waals surface area contributed by atoms with Crippen molar-refractivity contribution in [3.05, 3.63) is 16.1 Å². The molecular formula is C14H26N2O2S. The number of hydrogen-bond donors (Lipinski definition) is 2. The Morgan fingerprint density at radius 2 is 2.16 bits per heavy atom. The molecule has 0 bridgehead atoms. The van der Waals surface area contributed by atoms with E-state index in [1.54, 1.807) is 11.3 Å². The lowest BCUT2D eigenvalue weighted by atomic mass is 10.1. The number of nitrogens with one attached hydrogen (secondary N) is 1. The number of thiazole rings is 1. The lowest BCUT2D eigenvalue weighted by Gasteiger charge is -2.18. The zero-order chi connectivity index (χ0) is 14.3. The molecule has 0 radical (unpaired) electrons. The quantitative estimate of drug-likeness (QED) is 0.732. The maximum Gasteiger partial charge on any atom is 0.107 e. The summed E-state index contributed by atoms with van der Waals surface area (Å²) in [7, 11) is 0. The molecular weight excluding hydrogens is 260 g/mol. The van der Waals surface area contributed by atoms with E-state index in [9.17, 15) is 5.11 Å². The average molecular weight is 286 g/mol. The van der Waals surface area contributed by atoms with Crippen LogP contribution in [0.3, 0.4) is 0 Å². The Kier molecular flexibility index (Phi) is 7.53. The minimum atomic E-state index is -0.462. The minimum absolute atomic E-state index is 0.205. The molecule has 2 unspecified atom stereocenters. The minimum Gasteiger partial charge on any atom is -0.389 e. The van der Waals surface area contributed by atoms with Crippen LogP contribution >= 0.6 is 11.3 Å². The van der Waals surface area contributed by atoms with Gasteiger partial charge in [0.1, 0.15) is 5.01 Å². The highest BCUT2D eigenvalue weighted by molar-refractivity contribution is 7.09. The Morgan fingerprint density at radius 1 is 1.42 bits per heavy atom. The van der Waals surface area contributed by atoms with E-state index in [0.717, 1.165) is 17.1 Å². The van der Waals surface area contributed by atoms with Crippen molar-refractivity contribution in [3.8, 4) is 0 Å². The second-order valence-electron chi connectivity index (χ2n) is 5.44. The van der Waals surface area contributed by atoms with Gasteiger partial charge in [-0.05, 0) is 26.2 Å². The van der Waals surface area contributed by atoms with Crippen LogP contribution in [0.15, 0.2) is 5.38 Å². The lowest BCUT2D eigenvalue weighted by Crippen LogP contribution is -2.31. The molecule has 0 fully saturated rings. The van der Waals surface area contributed by atoms with E-state index in [0.29, 0.717) is 25.6 Å². The summed E-state index contributed by atoms with van der Waals surface area (Å²) in [6.45, 7) is 10.0. The number of hydrogen-bond acceptors (Lipinski definition) is 5. The third-order valence-corrected chi connectivity index (χ3v) is 3.67. The molecule has 0 aliphatic rings. The summed E-state index contributed by atoms with van der Waals surface area (Å²) in [6.07, 6.45) is 0.769. The fraction of sp³-hybridized carbons (Fsp3) is 0.786. The van der Waals surface area contributed by atoms with Crippen molar-refractivity contribution in [2.24, 2.45) is 5.92 Å². The van der Waals surface area contributed by atoms with Gasteiger partial charge >= 0.3 is 0 Å². The summed E-state index contributed by atoms with van der Waals surface area (Å²) < 4.78 is 5.62. The number of aromatic nitrogens is 1. The third kappa shape index (κ3) is 7.62. The normalized spacial score (nSPS) is 14.8. The van der Waals surface area contributed by atoms with Gasteiger partial charge in [-0.15, -0.1) is 11.3 Å². The van der Waals surface area contributed by atoms with Crippen LogP contribution < -0.4 is 5.32 Å². The van der Waals surface area contributed by atoms with E-state index in [1.165, 1.54) is 0 Å². The molecule has 0 spiro atoms. The van der Waals surface area contributed by atoms with Crippen LogP contribution in [-0.4, -0.2) is 35.5 Å². The summed E-state index contributed by atoms with van der Waals surface area (Å²) in [5, 5.41) is 16.1. The molecule has 19 heavy (non-hydrogen) atoms. The first kappa shape index (κ1) is 16.6. The molecule has 110 valence electrons. The number of nitrogens with zero attached hydrogens (tertiary/aromatic N) is 1. The van der Waals surface area contributed by atoms with Crippen molar-refractivity contribution >= 4 is 11.3 Å². The molecule has 2 atom stereocenters. The fourth-order valence-corrected chi connectivity index (χ4v) is 2.64. The maximum absolute atomic E-state index is 9.81. The van der Waals surface area contributed by atoms with E-state index in [4.69, 9.17) is 4.74 Å². The highest BCUT2D eigenvalue weighted by Crippen LogP contribution is 2.09. The molecule has 1 aromatic rings. The Balaban J connectivity index is 2.09. The van der Waals surface area contributed by atoms with Gasteiger partial charge in [0.05, 0.1) is 18.8 Å². The van der Waals surface area contributed by atoms with Crippen LogP contribution in [0.5, 0.6) is 0 Å². The van der Waals surface area contributed by atoms with Crippen LogP contribution in [0.25, 0.3) is 0 Å². The molecule has 1 aromatic heterocycles. The maximum atomic E-state index is 9.81. The highest BCUT2D eigenvalue weighted by Gasteiger charge is 2.09. The Bertz CT molecular complexity index is 355. The molecule has 5 heteroatoms. The van der Waals surface area contributed by atoms with Crippen molar-refractivity contribution in [2.75, 3.05) is 13.2 Å². The van der Waals surface area contributed by atoms with Crippen LogP contribution in [-0.2, 0) is 11.3 Å². The summed E-state index contributed by atoms with van der Waals surface area (Å²) in [6, 6.07) is 0. The zero-order valence-electron chi connectivity index (χ0n) is 12.3. The first-order valence-electron chi connectivity index (χ1n) is 6.88. The third-order valence-electron chi connectivity index (χ3n) is 2.70. The highest BCUT2D eigenvalue weighted by atomic mass is 32.1. The first-order chi connectivity index (χ1) is 8.97. The van der Waals surface area contributed by atoms with Gasteiger partial charge < -0.3 is 15.2 Å². The van der Waals surface area contributed by atoms with Gasteiger partial charge in [-0.3, -0.25) is 0 Å². The monoisotopic (exact) mass is 286 g/mol. The van der Waals surface area contributed by atoms with Crippen molar-refractivity contribution in [1.82, 2.24) is 10.3 Å². The van der Waals surface area contributed by atoms with Crippen molar-refractivity contribution in [1.29, 1.82) is 0 Å². The smallest absolute Gasteiger partial charge is 0.107 e. The molecule has 0 saturated carbocycles.